The number of hydrogen-bond acceptors (Lipinski definition) is 6. The number of fused-ring (bicyclic) bond motifs is 3. The quantitative estimate of drug-likeness (QED) is 0.600. The molecule has 0 saturated carbocycles. The van der Waals surface area contributed by atoms with Crippen molar-refractivity contribution in [3.8, 4) is 0 Å². The van der Waals surface area contributed by atoms with E-state index in [9.17, 15) is 14.8 Å². The molecule has 0 spiro atoms. The number of nitrogens with two attached hydrogens (primary N) is 1. The van der Waals surface area contributed by atoms with Crippen LogP contribution in [-0.2, 0) is 6.54 Å². The minimum Gasteiger partial charge on any atom is -0.423 e. The van der Waals surface area contributed by atoms with Crippen molar-refractivity contribution in [3.63, 3.8) is 0 Å². The molecule has 0 aliphatic carbocycles. The van der Waals surface area contributed by atoms with E-state index in [4.69, 9.17) is 5.73 Å². The first-order valence-electron chi connectivity index (χ1n) is 8.08. The highest BCUT2D eigenvalue weighted by Gasteiger charge is 2.35. The molecule has 132 valence electrons. The molecule has 0 radical (unpaired) electrons. The summed E-state index contributed by atoms with van der Waals surface area (Å²) >= 11 is 0. The molecule has 8 nitrogen and oxygen atoms in total. The number of rotatable bonds is 2. The summed E-state index contributed by atoms with van der Waals surface area (Å²) in [4.78, 5) is 30.9. The summed E-state index contributed by atoms with van der Waals surface area (Å²) in [6, 6.07) is 11.0. The zero-order valence-electron chi connectivity index (χ0n) is 14.0. The Kier molecular flexibility index (Phi) is 3.62. The van der Waals surface area contributed by atoms with E-state index in [1.54, 1.807) is 19.2 Å². The van der Waals surface area contributed by atoms with E-state index < -0.39 is 17.6 Å². The Bertz CT molecular complexity index is 1090. The molecule has 1 atom stereocenters. The summed E-state index contributed by atoms with van der Waals surface area (Å²) in [5.41, 5.74) is 7.05. The highest BCUT2D eigenvalue weighted by Crippen LogP contribution is 2.34. The van der Waals surface area contributed by atoms with Crippen molar-refractivity contribution in [2.24, 2.45) is 5.73 Å². The molecule has 0 fully saturated rings. The largest absolute Gasteiger partial charge is 0.423 e. The third kappa shape index (κ3) is 2.23. The van der Waals surface area contributed by atoms with Gasteiger partial charge in [0.2, 0.25) is 0 Å². The van der Waals surface area contributed by atoms with Gasteiger partial charge in [-0.2, -0.15) is 0 Å². The molecule has 2 aromatic heterocycles. The monoisotopic (exact) mass is 351 g/mol. The molecule has 1 aliphatic rings. The SMILES string of the molecule is CN1C(=O)c2c(c3cccnc3n(O)c2=O)NC1c1cccc(CN)c1. The number of benzene rings is 1. The lowest BCUT2D eigenvalue weighted by molar-refractivity contribution is 0.0727. The van der Waals surface area contributed by atoms with Gasteiger partial charge in [0.05, 0.1) is 5.69 Å². The maximum atomic E-state index is 12.9. The standard InChI is InChI=1S/C18H17N5O3/c1-22-15(11-5-2-4-10(8-11)9-19)21-14-12-6-3-7-20-16(12)23(26)18(25)13(14)17(22)24/h2-8,15,21,26H,9,19H2,1H3. The minimum atomic E-state index is -0.801. The predicted molar refractivity (Wildman–Crippen MR) is 96.0 cm³/mol. The van der Waals surface area contributed by atoms with Crippen LogP contribution in [-0.4, -0.2) is 32.8 Å². The average Bonchev–Trinajstić information content (AvgIpc) is 2.68. The Morgan fingerprint density at radius 1 is 1.27 bits per heavy atom. The molecule has 1 amide bonds. The fourth-order valence-electron chi connectivity index (χ4n) is 3.28. The lowest BCUT2D eigenvalue weighted by atomic mass is 10.0. The average molecular weight is 351 g/mol. The van der Waals surface area contributed by atoms with Crippen molar-refractivity contribution >= 4 is 22.6 Å². The lowest BCUT2D eigenvalue weighted by Crippen LogP contribution is -2.44. The van der Waals surface area contributed by atoms with Gasteiger partial charge in [-0.1, -0.05) is 24.3 Å². The van der Waals surface area contributed by atoms with E-state index >= 15 is 0 Å². The van der Waals surface area contributed by atoms with Crippen LogP contribution in [0.4, 0.5) is 5.69 Å². The molecule has 1 aromatic carbocycles. The second-order valence-corrected chi connectivity index (χ2v) is 6.15. The van der Waals surface area contributed by atoms with Crippen LogP contribution in [0.2, 0.25) is 0 Å². The van der Waals surface area contributed by atoms with Gasteiger partial charge in [0, 0.05) is 25.2 Å². The Labute approximate surface area is 148 Å². The topological polar surface area (TPSA) is 113 Å². The summed E-state index contributed by atoms with van der Waals surface area (Å²) in [7, 11) is 1.60. The van der Waals surface area contributed by atoms with Gasteiger partial charge in [-0.15, -0.1) is 4.73 Å². The molecule has 1 unspecified atom stereocenters. The predicted octanol–water partition coefficient (Wildman–Crippen LogP) is 1.29. The second kappa shape index (κ2) is 5.85. The third-order valence-electron chi connectivity index (χ3n) is 4.62. The summed E-state index contributed by atoms with van der Waals surface area (Å²) in [6.07, 6.45) is 0.999. The number of nitrogens with one attached hydrogen (secondary N) is 1. The van der Waals surface area contributed by atoms with E-state index in [1.807, 2.05) is 24.3 Å². The first-order valence-corrected chi connectivity index (χ1v) is 8.08. The lowest BCUT2D eigenvalue weighted by Gasteiger charge is -2.35. The number of aromatic nitrogens is 2. The van der Waals surface area contributed by atoms with Gasteiger partial charge in [0.25, 0.3) is 11.5 Å². The van der Waals surface area contributed by atoms with Crippen LogP contribution in [0, 0.1) is 0 Å². The highest BCUT2D eigenvalue weighted by atomic mass is 16.5. The fourth-order valence-corrected chi connectivity index (χ4v) is 3.28. The van der Waals surface area contributed by atoms with Crippen molar-refractivity contribution in [2.75, 3.05) is 12.4 Å². The summed E-state index contributed by atoms with van der Waals surface area (Å²) in [6.45, 7) is 0.386. The van der Waals surface area contributed by atoms with Crippen molar-refractivity contribution in [2.45, 2.75) is 12.7 Å². The number of anilines is 1. The van der Waals surface area contributed by atoms with Crippen LogP contribution in [0.25, 0.3) is 11.0 Å². The van der Waals surface area contributed by atoms with Crippen LogP contribution in [0.1, 0.15) is 27.7 Å². The second-order valence-electron chi connectivity index (χ2n) is 6.15. The molecule has 3 aromatic rings. The molecule has 3 heterocycles. The number of nitrogens with zero attached hydrogens (tertiary/aromatic N) is 3. The maximum Gasteiger partial charge on any atom is 0.299 e. The Balaban J connectivity index is 1.95. The summed E-state index contributed by atoms with van der Waals surface area (Å²) in [5, 5.41) is 13.8. The van der Waals surface area contributed by atoms with Gasteiger partial charge in [0.1, 0.15) is 11.7 Å². The zero-order valence-corrected chi connectivity index (χ0v) is 14.0. The van der Waals surface area contributed by atoms with Crippen LogP contribution in [0.3, 0.4) is 0 Å². The van der Waals surface area contributed by atoms with Crippen LogP contribution in [0.5, 0.6) is 0 Å². The Morgan fingerprint density at radius 2 is 2.08 bits per heavy atom. The number of amides is 1. The first-order chi connectivity index (χ1) is 12.5. The van der Waals surface area contributed by atoms with E-state index in [-0.39, 0.29) is 11.2 Å². The Morgan fingerprint density at radius 3 is 2.85 bits per heavy atom. The molecule has 1 aliphatic heterocycles. The molecular weight excluding hydrogens is 334 g/mol. The Hall–Kier alpha value is -3.39. The molecular formula is C18H17N5O3. The van der Waals surface area contributed by atoms with E-state index in [0.29, 0.717) is 22.3 Å². The van der Waals surface area contributed by atoms with Crippen LogP contribution >= 0.6 is 0 Å². The maximum absolute atomic E-state index is 12.9. The van der Waals surface area contributed by atoms with Crippen LogP contribution < -0.4 is 16.6 Å². The summed E-state index contributed by atoms with van der Waals surface area (Å²) in [5.74, 6) is -0.472. The van der Waals surface area contributed by atoms with E-state index in [2.05, 4.69) is 10.3 Å². The molecule has 0 bridgehead atoms. The summed E-state index contributed by atoms with van der Waals surface area (Å²) < 4.78 is 0.414. The number of pyridine rings is 2. The van der Waals surface area contributed by atoms with E-state index in [1.165, 1.54) is 11.1 Å². The van der Waals surface area contributed by atoms with Gasteiger partial charge in [0.15, 0.2) is 5.65 Å². The molecule has 8 heteroatoms. The molecule has 4 rings (SSSR count). The third-order valence-corrected chi connectivity index (χ3v) is 4.62. The van der Waals surface area contributed by atoms with Crippen molar-refractivity contribution in [3.05, 3.63) is 69.6 Å². The van der Waals surface area contributed by atoms with Gasteiger partial charge in [-0.05, 0) is 23.3 Å². The smallest absolute Gasteiger partial charge is 0.299 e. The molecule has 4 N–H and O–H groups in total. The van der Waals surface area contributed by atoms with Gasteiger partial charge >= 0.3 is 0 Å². The first kappa shape index (κ1) is 16.1. The number of carbonyl (C=O) groups is 1. The van der Waals surface area contributed by atoms with Gasteiger partial charge in [-0.3, -0.25) is 9.59 Å². The fraction of sp³-hybridized carbons (Fsp3) is 0.167. The minimum absolute atomic E-state index is 0.0931. The van der Waals surface area contributed by atoms with Gasteiger partial charge < -0.3 is 21.2 Å². The number of carbonyl (C=O) groups excluding carboxylic acids is 1. The highest BCUT2D eigenvalue weighted by molar-refractivity contribution is 6.08. The normalized spacial score (nSPS) is 16.5. The van der Waals surface area contributed by atoms with Crippen LogP contribution in [0.15, 0.2) is 47.4 Å². The van der Waals surface area contributed by atoms with Crippen molar-refractivity contribution in [1.29, 1.82) is 0 Å². The molecule has 0 saturated heterocycles. The zero-order chi connectivity index (χ0) is 18.4. The van der Waals surface area contributed by atoms with Crippen molar-refractivity contribution < 1.29 is 10.0 Å². The molecule has 26 heavy (non-hydrogen) atoms. The number of hydrogen-bond donors (Lipinski definition) is 3. The van der Waals surface area contributed by atoms with Crippen molar-refractivity contribution in [1.82, 2.24) is 14.6 Å². The van der Waals surface area contributed by atoms with E-state index in [0.717, 1.165) is 11.1 Å². The van der Waals surface area contributed by atoms with Gasteiger partial charge in [-0.25, -0.2) is 4.98 Å².